The molecule has 2 nitrogen and oxygen atoms in total. The van der Waals surface area contributed by atoms with Gasteiger partial charge in [0.05, 0.1) is 22.1 Å². The Morgan fingerprint density at radius 2 is 0.774 bits per heavy atom. The molecular weight excluding hydrogens is 749 g/mol. The molecule has 0 N–H and O–H groups in total. The van der Waals surface area contributed by atoms with E-state index < -0.39 is 0 Å². The zero-order valence-electron chi connectivity index (χ0n) is 35.4. The average Bonchev–Trinajstić information content (AvgIpc) is 3.97. The fourth-order valence-corrected chi connectivity index (χ4v) is 11.5. The molecule has 0 saturated carbocycles. The number of benzene rings is 9. The van der Waals surface area contributed by atoms with E-state index in [9.17, 15) is 0 Å². The van der Waals surface area contributed by atoms with Crippen molar-refractivity contribution in [2.24, 2.45) is 0 Å². The molecule has 0 atom stereocenters. The molecule has 0 fully saturated rings. The maximum atomic E-state index is 2.49. The van der Waals surface area contributed by atoms with Crippen molar-refractivity contribution >= 4 is 43.6 Å². The average molecular weight is 793 g/mol. The van der Waals surface area contributed by atoms with Gasteiger partial charge in [0.25, 0.3) is 0 Å². The standard InChI is InChI=1S/C60H44N2/c1-59(2)51-33-39(28-30-44(51)49-36-56-50(35-53(49)59)46-20-12-13-21-54(46)61(56)41-15-7-5-8-16-41)37-23-25-38(26-24-37)40-27-29-43-47-31-32-48-45-19-11-14-22-55(45)62(42-17-9-6-10-18-42)58(48)57(47)60(3,4)52(43)34-40/h5-36H,1-4H3. The van der Waals surface area contributed by atoms with E-state index in [0.717, 1.165) is 0 Å². The summed E-state index contributed by atoms with van der Waals surface area (Å²) in [4.78, 5) is 0. The lowest BCUT2D eigenvalue weighted by Crippen LogP contribution is -2.16. The number of aromatic nitrogens is 2. The van der Waals surface area contributed by atoms with Gasteiger partial charge in [-0.3, -0.25) is 0 Å². The second-order valence-electron chi connectivity index (χ2n) is 18.5. The molecule has 11 aromatic rings. The summed E-state index contributed by atoms with van der Waals surface area (Å²) < 4.78 is 4.91. The molecule has 0 aliphatic heterocycles. The first-order valence-electron chi connectivity index (χ1n) is 21.9. The second-order valence-corrected chi connectivity index (χ2v) is 18.5. The molecule has 0 amide bonds. The molecule has 0 radical (unpaired) electrons. The molecule has 2 aliphatic rings. The predicted octanol–water partition coefficient (Wildman–Crippen LogP) is 15.8. The number of hydrogen-bond acceptors (Lipinski definition) is 0. The van der Waals surface area contributed by atoms with Crippen LogP contribution in [0.5, 0.6) is 0 Å². The van der Waals surface area contributed by atoms with Crippen LogP contribution >= 0.6 is 0 Å². The van der Waals surface area contributed by atoms with Gasteiger partial charge in [-0.05, 0) is 127 Å². The van der Waals surface area contributed by atoms with E-state index in [0.29, 0.717) is 0 Å². The van der Waals surface area contributed by atoms with Gasteiger partial charge < -0.3 is 9.13 Å². The number of para-hydroxylation sites is 4. The maximum Gasteiger partial charge on any atom is 0.0588 e. The van der Waals surface area contributed by atoms with Crippen LogP contribution in [0, 0.1) is 0 Å². The van der Waals surface area contributed by atoms with Gasteiger partial charge in [0.2, 0.25) is 0 Å². The third-order valence-electron chi connectivity index (χ3n) is 14.5. The predicted molar refractivity (Wildman–Crippen MR) is 261 cm³/mol. The first-order valence-corrected chi connectivity index (χ1v) is 21.9. The topological polar surface area (TPSA) is 9.86 Å². The van der Waals surface area contributed by atoms with Crippen LogP contribution in [0.3, 0.4) is 0 Å². The van der Waals surface area contributed by atoms with E-state index in [1.165, 1.54) is 122 Å². The molecule has 0 saturated heterocycles. The normalized spacial score (nSPS) is 14.4. The molecule has 2 aliphatic carbocycles. The molecule has 0 bridgehead atoms. The van der Waals surface area contributed by atoms with E-state index in [1.807, 2.05) is 0 Å². The number of rotatable bonds is 4. The molecule has 0 spiro atoms. The number of fused-ring (bicyclic) bond motifs is 13. The van der Waals surface area contributed by atoms with Gasteiger partial charge in [0.15, 0.2) is 0 Å². The SMILES string of the molecule is CC1(C)c2cc(-c3ccc(-c4ccc5c(c4)C(C)(C)c4c-5ccc5c6ccccc6n(-c6ccccc6)c45)cc3)ccc2-c2cc3c(cc21)c1ccccc1n3-c1ccccc1. The van der Waals surface area contributed by atoms with Crippen molar-refractivity contribution in [2.75, 3.05) is 0 Å². The monoisotopic (exact) mass is 792 g/mol. The Hall–Kier alpha value is -7.42. The van der Waals surface area contributed by atoms with Gasteiger partial charge in [0.1, 0.15) is 0 Å². The highest BCUT2D eigenvalue weighted by Gasteiger charge is 2.39. The van der Waals surface area contributed by atoms with Crippen LogP contribution in [0.1, 0.15) is 49.9 Å². The van der Waals surface area contributed by atoms with Crippen molar-refractivity contribution in [1.82, 2.24) is 9.13 Å². The molecule has 9 aromatic carbocycles. The minimum absolute atomic E-state index is 0.138. The maximum absolute atomic E-state index is 2.49. The summed E-state index contributed by atoms with van der Waals surface area (Å²) in [6, 6.07) is 72.4. The number of hydrogen-bond donors (Lipinski definition) is 0. The van der Waals surface area contributed by atoms with E-state index in [1.54, 1.807) is 0 Å². The summed E-state index contributed by atoms with van der Waals surface area (Å²) in [5.74, 6) is 0. The van der Waals surface area contributed by atoms with Crippen LogP contribution < -0.4 is 0 Å². The van der Waals surface area contributed by atoms with Crippen molar-refractivity contribution in [3.63, 3.8) is 0 Å². The molecule has 2 heterocycles. The summed E-state index contributed by atoms with van der Waals surface area (Å²) in [5.41, 5.74) is 23.0. The Bertz CT molecular complexity index is 3650. The van der Waals surface area contributed by atoms with E-state index >= 15 is 0 Å². The lowest BCUT2D eigenvalue weighted by Gasteiger charge is -2.24. The van der Waals surface area contributed by atoms with Crippen LogP contribution in [0.15, 0.2) is 194 Å². The van der Waals surface area contributed by atoms with E-state index in [-0.39, 0.29) is 10.8 Å². The molecule has 2 aromatic heterocycles. The largest absolute Gasteiger partial charge is 0.309 e. The van der Waals surface area contributed by atoms with E-state index in [2.05, 4.69) is 231 Å². The molecule has 62 heavy (non-hydrogen) atoms. The van der Waals surface area contributed by atoms with Gasteiger partial charge >= 0.3 is 0 Å². The lowest BCUT2D eigenvalue weighted by atomic mass is 9.80. The van der Waals surface area contributed by atoms with Crippen LogP contribution in [-0.4, -0.2) is 9.13 Å². The van der Waals surface area contributed by atoms with Crippen LogP contribution in [-0.2, 0) is 10.8 Å². The highest BCUT2D eigenvalue weighted by molar-refractivity contribution is 6.14. The Morgan fingerprint density at radius 1 is 0.306 bits per heavy atom. The van der Waals surface area contributed by atoms with Crippen molar-refractivity contribution in [1.29, 1.82) is 0 Å². The lowest BCUT2D eigenvalue weighted by molar-refractivity contribution is 0.661. The number of nitrogens with zero attached hydrogens (tertiary/aromatic N) is 2. The second kappa shape index (κ2) is 12.6. The van der Waals surface area contributed by atoms with Crippen LogP contribution in [0.2, 0.25) is 0 Å². The molecular formula is C60H44N2. The Kier molecular flexibility index (Phi) is 7.16. The van der Waals surface area contributed by atoms with Crippen molar-refractivity contribution in [2.45, 2.75) is 38.5 Å². The Labute approximate surface area is 362 Å². The molecule has 294 valence electrons. The highest BCUT2D eigenvalue weighted by atomic mass is 15.0. The molecule has 2 heteroatoms. The fourth-order valence-electron chi connectivity index (χ4n) is 11.5. The van der Waals surface area contributed by atoms with Gasteiger partial charge in [-0.2, -0.15) is 0 Å². The third-order valence-corrected chi connectivity index (χ3v) is 14.5. The van der Waals surface area contributed by atoms with Crippen molar-refractivity contribution in [3.05, 3.63) is 216 Å². The Morgan fingerprint density at radius 3 is 1.40 bits per heavy atom. The quantitative estimate of drug-likeness (QED) is 0.168. The fraction of sp³-hybridized carbons (Fsp3) is 0.100. The zero-order chi connectivity index (χ0) is 41.5. The summed E-state index contributed by atoms with van der Waals surface area (Å²) in [5, 5.41) is 5.20. The summed E-state index contributed by atoms with van der Waals surface area (Å²) >= 11 is 0. The smallest absolute Gasteiger partial charge is 0.0588 e. The van der Waals surface area contributed by atoms with Crippen molar-refractivity contribution in [3.8, 4) is 55.9 Å². The van der Waals surface area contributed by atoms with Gasteiger partial charge in [-0.1, -0.05) is 161 Å². The molecule has 13 rings (SSSR count). The minimum atomic E-state index is -0.195. The van der Waals surface area contributed by atoms with Gasteiger partial charge in [-0.25, -0.2) is 0 Å². The van der Waals surface area contributed by atoms with Gasteiger partial charge in [-0.15, -0.1) is 0 Å². The zero-order valence-corrected chi connectivity index (χ0v) is 35.4. The third kappa shape index (κ3) is 4.75. The summed E-state index contributed by atoms with van der Waals surface area (Å²) in [6.07, 6.45) is 0. The Balaban J connectivity index is 0.869. The first-order chi connectivity index (χ1) is 30.3. The first kappa shape index (κ1) is 35.3. The van der Waals surface area contributed by atoms with Crippen LogP contribution in [0.25, 0.3) is 99.5 Å². The summed E-state index contributed by atoms with van der Waals surface area (Å²) in [7, 11) is 0. The van der Waals surface area contributed by atoms with Gasteiger partial charge in [0, 0.05) is 43.7 Å². The van der Waals surface area contributed by atoms with Crippen LogP contribution in [0.4, 0.5) is 0 Å². The highest BCUT2D eigenvalue weighted by Crippen LogP contribution is 2.55. The van der Waals surface area contributed by atoms with E-state index in [4.69, 9.17) is 0 Å². The minimum Gasteiger partial charge on any atom is -0.309 e. The van der Waals surface area contributed by atoms with Crippen molar-refractivity contribution < 1.29 is 0 Å². The molecule has 0 unspecified atom stereocenters. The summed E-state index contributed by atoms with van der Waals surface area (Å²) in [6.45, 7) is 9.62.